The van der Waals surface area contributed by atoms with Gasteiger partial charge in [-0.15, -0.1) is 0 Å². The van der Waals surface area contributed by atoms with Crippen LogP contribution in [0.5, 0.6) is 0 Å². The predicted octanol–water partition coefficient (Wildman–Crippen LogP) is 2.92. The molecule has 86 valence electrons. The molecule has 1 aromatic rings. The van der Waals surface area contributed by atoms with E-state index >= 15 is 0 Å². The first-order valence-corrected chi connectivity index (χ1v) is 5.87. The van der Waals surface area contributed by atoms with Crippen molar-refractivity contribution in [3.05, 3.63) is 28.6 Å². The van der Waals surface area contributed by atoms with Crippen LogP contribution in [0.3, 0.4) is 0 Å². The van der Waals surface area contributed by atoms with Gasteiger partial charge in [0.1, 0.15) is 0 Å². The topological polar surface area (TPSA) is 50.2 Å². The van der Waals surface area contributed by atoms with Crippen LogP contribution in [-0.4, -0.2) is 16.1 Å². The van der Waals surface area contributed by atoms with Crippen molar-refractivity contribution < 1.29 is 9.90 Å². The van der Waals surface area contributed by atoms with E-state index in [-0.39, 0.29) is 0 Å². The van der Waals surface area contributed by atoms with E-state index < -0.39 is 5.97 Å². The van der Waals surface area contributed by atoms with E-state index in [0.29, 0.717) is 11.5 Å². The molecule has 1 fully saturated rings. The Kier molecular flexibility index (Phi) is 2.95. The molecule has 16 heavy (non-hydrogen) atoms. The van der Waals surface area contributed by atoms with Crippen molar-refractivity contribution in [3.8, 4) is 0 Å². The molecule has 1 aromatic heterocycles. The number of pyridine rings is 1. The van der Waals surface area contributed by atoms with Crippen molar-refractivity contribution in [2.45, 2.75) is 45.4 Å². The smallest absolute Gasteiger partial charge is 0.337 e. The quantitative estimate of drug-likeness (QED) is 0.847. The lowest BCUT2D eigenvalue weighted by Gasteiger charge is -2.10. The molecular weight excluding hydrogens is 202 g/mol. The molecule has 0 spiro atoms. The summed E-state index contributed by atoms with van der Waals surface area (Å²) >= 11 is 0. The maximum absolute atomic E-state index is 11.1. The van der Waals surface area contributed by atoms with E-state index in [4.69, 9.17) is 5.11 Å². The fourth-order valence-electron chi connectivity index (χ4n) is 2.05. The minimum Gasteiger partial charge on any atom is -0.478 e. The van der Waals surface area contributed by atoms with Gasteiger partial charge in [-0.1, -0.05) is 13.3 Å². The molecule has 0 aromatic carbocycles. The lowest BCUT2D eigenvalue weighted by molar-refractivity contribution is 0.0695. The van der Waals surface area contributed by atoms with Crippen LogP contribution in [0.15, 0.2) is 6.07 Å². The van der Waals surface area contributed by atoms with E-state index in [2.05, 4.69) is 4.98 Å². The Morgan fingerprint density at radius 2 is 2.25 bits per heavy atom. The fourth-order valence-corrected chi connectivity index (χ4v) is 2.05. The number of carboxylic acid groups (broad SMARTS) is 1. The standard InChI is InChI=1S/C13H17NO2/c1-3-4-11-10(13(15)16)7-8(2)12(14-11)9-5-6-9/h7,9H,3-6H2,1-2H3,(H,15,16). The number of aryl methyl sites for hydroxylation is 2. The third-order valence-electron chi connectivity index (χ3n) is 3.01. The minimum absolute atomic E-state index is 0.378. The van der Waals surface area contributed by atoms with Gasteiger partial charge in [0.05, 0.1) is 11.3 Å². The number of nitrogens with zero attached hydrogens (tertiary/aromatic N) is 1. The van der Waals surface area contributed by atoms with E-state index in [1.165, 1.54) is 12.8 Å². The van der Waals surface area contributed by atoms with Crippen LogP contribution in [0, 0.1) is 6.92 Å². The van der Waals surface area contributed by atoms with Crippen molar-refractivity contribution >= 4 is 5.97 Å². The van der Waals surface area contributed by atoms with Crippen LogP contribution in [0.2, 0.25) is 0 Å². The average molecular weight is 219 g/mol. The first-order valence-electron chi connectivity index (χ1n) is 5.87. The second-order valence-electron chi connectivity index (χ2n) is 4.51. The van der Waals surface area contributed by atoms with Gasteiger partial charge < -0.3 is 5.11 Å². The molecule has 3 nitrogen and oxygen atoms in total. The van der Waals surface area contributed by atoms with Gasteiger partial charge in [0.15, 0.2) is 0 Å². The minimum atomic E-state index is -0.860. The van der Waals surface area contributed by atoms with E-state index in [1.54, 1.807) is 6.07 Å². The summed E-state index contributed by atoms with van der Waals surface area (Å²) in [5.41, 5.74) is 3.28. The first-order chi connectivity index (χ1) is 7.63. The van der Waals surface area contributed by atoms with Gasteiger partial charge in [-0.25, -0.2) is 4.79 Å². The van der Waals surface area contributed by atoms with Crippen LogP contribution in [0.1, 0.15) is 59.4 Å². The highest BCUT2D eigenvalue weighted by atomic mass is 16.4. The van der Waals surface area contributed by atoms with Crippen LogP contribution in [0.4, 0.5) is 0 Å². The number of hydrogen-bond acceptors (Lipinski definition) is 2. The molecule has 0 saturated heterocycles. The van der Waals surface area contributed by atoms with Gasteiger partial charge in [-0.2, -0.15) is 0 Å². The zero-order valence-electron chi connectivity index (χ0n) is 9.79. The maximum Gasteiger partial charge on any atom is 0.337 e. The zero-order valence-corrected chi connectivity index (χ0v) is 9.79. The number of rotatable bonds is 4. The SMILES string of the molecule is CCCc1nc(C2CC2)c(C)cc1C(=O)O. The number of aromatic carboxylic acids is 1. The van der Waals surface area contributed by atoms with Crippen LogP contribution < -0.4 is 0 Å². The Morgan fingerprint density at radius 3 is 2.75 bits per heavy atom. The molecule has 0 amide bonds. The van der Waals surface area contributed by atoms with Gasteiger partial charge >= 0.3 is 5.97 Å². The van der Waals surface area contributed by atoms with Crippen LogP contribution in [-0.2, 0) is 6.42 Å². The van der Waals surface area contributed by atoms with Gasteiger partial charge in [-0.05, 0) is 37.8 Å². The molecule has 1 saturated carbocycles. The monoisotopic (exact) mass is 219 g/mol. The largest absolute Gasteiger partial charge is 0.478 e. The molecule has 1 N–H and O–H groups in total. The summed E-state index contributed by atoms with van der Waals surface area (Å²) in [7, 11) is 0. The molecule has 1 aliphatic rings. The molecular formula is C13H17NO2. The third-order valence-corrected chi connectivity index (χ3v) is 3.01. The van der Waals surface area contributed by atoms with Gasteiger partial charge in [-0.3, -0.25) is 4.98 Å². The van der Waals surface area contributed by atoms with Gasteiger partial charge in [0.25, 0.3) is 0 Å². The molecule has 0 aliphatic heterocycles. The van der Waals surface area contributed by atoms with Crippen molar-refractivity contribution in [2.75, 3.05) is 0 Å². The van der Waals surface area contributed by atoms with Gasteiger partial charge in [0, 0.05) is 11.6 Å². The molecule has 1 aliphatic carbocycles. The van der Waals surface area contributed by atoms with E-state index in [0.717, 1.165) is 29.8 Å². The predicted molar refractivity (Wildman–Crippen MR) is 61.9 cm³/mol. The molecule has 3 heteroatoms. The summed E-state index contributed by atoms with van der Waals surface area (Å²) in [6.45, 7) is 4.01. The fraction of sp³-hybridized carbons (Fsp3) is 0.538. The Labute approximate surface area is 95.5 Å². The van der Waals surface area contributed by atoms with Crippen molar-refractivity contribution in [3.63, 3.8) is 0 Å². The second-order valence-corrected chi connectivity index (χ2v) is 4.51. The van der Waals surface area contributed by atoms with Crippen molar-refractivity contribution in [1.29, 1.82) is 0 Å². The molecule has 1 heterocycles. The first kappa shape index (κ1) is 11.1. The summed E-state index contributed by atoms with van der Waals surface area (Å²) in [6, 6.07) is 1.79. The zero-order chi connectivity index (χ0) is 11.7. The van der Waals surface area contributed by atoms with E-state index in [9.17, 15) is 4.79 Å². The normalized spacial score (nSPS) is 15.1. The van der Waals surface area contributed by atoms with Crippen LogP contribution >= 0.6 is 0 Å². The number of hydrogen-bond donors (Lipinski definition) is 1. The van der Waals surface area contributed by atoms with E-state index in [1.807, 2.05) is 13.8 Å². The second kappa shape index (κ2) is 4.24. The molecule has 0 unspecified atom stereocenters. The average Bonchev–Trinajstić information content (AvgIpc) is 3.03. The summed E-state index contributed by atoms with van der Waals surface area (Å²) in [5, 5.41) is 9.12. The van der Waals surface area contributed by atoms with Gasteiger partial charge in [0.2, 0.25) is 0 Å². The highest BCUT2D eigenvalue weighted by Crippen LogP contribution is 2.40. The number of carboxylic acids is 1. The lowest BCUT2D eigenvalue weighted by Crippen LogP contribution is -2.08. The highest BCUT2D eigenvalue weighted by Gasteiger charge is 2.28. The Morgan fingerprint density at radius 1 is 1.56 bits per heavy atom. The molecule has 2 rings (SSSR count). The number of carbonyl (C=O) groups is 1. The number of aromatic nitrogens is 1. The Hall–Kier alpha value is -1.38. The summed E-state index contributed by atoms with van der Waals surface area (Å²) in [6.07, 6.45) is 4.08. The van der Waals surface area contributed by atoms with Crippen LogP contribution in [0.25, 0.3) is 0 Å². The molecule has 0 bridgehead atoms. The Bertz CT molecular complexity index is 422. The third kappa shape index (κ3) is 2.08. The highest BCUT2D eigenvalue weighted by molar-refractivity contribution is 5.89. The summed E-state index contributed by atoms with van der Waals surface area (Å²) in [4.78, 5) is 15.7. The van der Waals surface area contributed by atoms with Crippen molar-refractivity contribution in [1.82, 2.24) is 4.98 Å². The van der Waals surface area contributed by atoms with Crippen molar-refractivity contribution in [2.24, 2.45) is 0 Å². The summed E-state index contributed by atoms with van der Waals surface area (Å²) in [5.74, 6) is -0.278. The summed E-state index contributed by atoms with van der Waals surface area (Å²) < 4.78 is 0. The Balaban J connectivity index is 2.44. The molecule has 0 radical (unpaired) electrons. The molecule has 0 atom stereocenters. The lowest BCUT2D eigenvalue weighted by atomic mass is 10.0. The maximum atomic E-state index is 11.1.